The lowest BCUT2D eigenvalue weighted by atomic mass is 10.1. The van der Waals surface area contributed by atoms with Gasteiger partial charge in [-0.05, 0) is 43.5 Å². The molecule has 0 bridgehead atoms. The van der Waals surface area contributed by atoms with Gasteiger partial charge in [0.25, 0.3) is 0 Å². The standard InChI is InChI=1S/C19H22N2O/c1-4-5-9-16-10-6-7-11-19(16)20-14(2)17-12-8-13-18(21-17)15(3)22/h6-8,10-13H,4-5,9H2,1-3H3/b20-14+. The number of unbranched alkanes of at least 4 members (excludes halogenated alkanes) is 1. The Bertz CT molecular complexity index is 689. The summed E-state index contributed by atoms with van der Waals surface area (Å²) < 4.78 is 0. The van der Waals surface area contributed by atoms with Gasteiger partial charge in [0.15, 0.2) is 5.78 Å². The second kappa shape index (κ2) is 7.64. The van der Waals surface area contributed by atoms with Gasteiger partial charge in [0.2, 0.25) is 0 Å². The van der Waals surface area contributed by atoms with E-state index in [9.17, 15) is 4.79 Å². The first kappa shape index (κ1) is 16.1. The van der Waals surface area contributed by atoms with Gasteiger partial charge in [-0.25, -0.2) is 4.98 Å². The van der Waals surface area contributed by atoms with Gasteiger partial charge in [0.1, 0.15) is 5.69 Å². The van der Waals surface area contributed by atoms with Crippen molar-refractivity contribution in [2.45, 2.75) is 40.0 Å². The minimum absolute atomic E-state index is 0.0296. The monoisotopic (exact) mass is 294 g/mol. The molecule has 0 aliphatic heterocycles. The topological polar surface area (TPSA) is 42.3 Å². The highest BCUT2D eigenvalue weighted by Gasteiger charge is 2.06. The zero-order valence-electron chi connectivity index (χ0n) is 13.5. The maximum atomic E-state index is 11.4. The highest BCUT2D eigenvalue weighted by Crippen LogP contribution is 2.21. The molecule has 0 unspecified atom stereocenters. The summed E-state index contributed by atoms with van der Waals surface area (Å²) in [7, 11) is 0. The first-order valence-corrected chi connectivity index (χ1v) is 7.73. The number of nitrogens with zero attached hydrogens (tertiary/aromatic N) is 2. The molecule has 0 N–H and O–H groups in total. The van der Waals surface area contributed by atoms with E-state index < -0.39 is 0 Å². The van der Waals surface area contributed by atoms with Crippen LogP contribution >= 0.6 is 0 Å². The summed E-state index contributed by atoms with van der Waals surface area (Å²) in [6.07, 6.45) is 3.35. The number of hydrogen-bond donors (Lipinski definition) is 0. The molecule has 2 rings (SSSR count). The predicted octanol–water partition coefficient (Wildman–Crippen LogP) is 4.77. The summed E-state index contributed by atoms with van der Waals surface area (Å²) >= 11 is 0. The maximum Gasteiger partial charge on any atom is 0.178 e. The molecular formula is C19H22N2O. The molecule has 3 nitrogen and oxygen atoms in total. The van der Waals surface area contributed by atoms with E-state index in [0.29, 0.717) is 5.69 Å². The molecule has 1 aromatic heterocycles. The lowest BCUT2D eigenvalue weighted by molar-refractivity contribution is 0.101. The summed E-state index contributed by atoms with van der Waals surface area (Å²) in [4.78, 5) is 20.6. The molecule has 114 valence electrons. The number of pyridine rings is 1. The second-order valence-corrected chi connectivity index (χ2v) is 5.39. The summed E-state index contributed by atoms with van der Waals surface area (Å²) in [6, 6.07) is 13.7. The van der Waals surface area contributed by atoms with Crippen molar-refractivity contribution in [3.63, 3.8) is 0 Å². The number of aliphatic imine (C=N–C) groups is 1. The molecule has 0 atom stereocenters. The van der Waals surface area contributed by atoms with Crippen LogP contribution in [0.3, 0.4) is 0 Å². The lowest BCUT2D eigenvalue weighted by Crippen LogP contribution is -2.04. The Kier molecular flexibility index (Phi) is 5.59. The van der Waals surface area contributed by atoms with Crippen molar-refractivity contribution in [1.29, 1.82) is 0 Å². The van der Waals surface area contributed by atoms with Crippen LogP contribution in [0.5, 0.6) is 0 Å². The molecular weight excluding hydrogens is 272 g/mol. The SMILES string of the molecule is CCCCc1ccccc1/N=C(\C)c1cccc(C(C)=O)n1. The van der Waals surface area contributed by atoms with Crippen LogP contribution in [-0.2, 0) is 6.42 Å². The number of Topliss-reactive ketones (excluding diaryl/α,β-unsaturated/α-hetero) is 1. The number of hydrogen-bond acceptors (Lipinski definition) is 3. The number of carbonyl (C=O) groups excluding carboxylic acids is 1. The average Bonchev–Trinajstić information content (AvgIpc) is 2.54. The number of benzene rings is 1. The van der Waals surface area contributed by atoms with Gasteiger partial charge in [-0.1, -0.05) is 37.6 Å². The summed E-state index contributed by atoms with van der Waals surface area (Å²) in [5, 5.41) is 0. The summed E-state index contributed by atoms with van der Waals surface area (Å²) in [5.41, 5.74) is 4.30. The number of rotatable bonds is 6. The van der Waals surface area contributed by atoms with Crippen molar-refractivity contribution in [1.82, 2.24) is 4.98 Å². The molecule has 0 aliphatic carbocycles. The fraction of sp³-hybridized carbons (Fsp3) is 0.316. The minimum atomic E-state index is -0.0296. The third kappa shape index (κ3) is 4.10. The van der Waals surface area contributed by atoms with E-state index in [0.717, 1.165) is 29.9 Å². The van der Waals surface area contributed by atoms with E-state index in [2.05, 4.69) is 18.0 Å². The minimum Gasteiger partial charge on any atom is -0.293 e. The predicted molar refractivity (Wildman–Crippen MR) is 91.2 cm³/mol. The van der Waals surface area contributed by atoms with Crippen molar-refractivity contribution in [2.75, 3.05) is 0 Å². The van der Waals surface area contributed by atoms with Crippen LogP contribution in [0, 0.1) is 0 Å². The van der Waals surface area contributed by atoms with E-state index in [1.165, 1.54) is 18.9 Å². The van der Waals surface area contributed by atoms with E-state index in [4.69, 9.17) is 4.99 Å². The van der Waals surface area contributed by atoms with Crippen molar-refractivity contribution >= 4 is 17.2 Å². The van der Waals surface area contributed by atoms with Gasteiger partial charge in [-0.2, -0.15) is 0 Å². The van der Waals surface area contributed by atoms with Crippen molar-refractivity contribution < 1.29 is 4.79 Å². The normalized spacial score (nSPS) is 11.5. The second-order valence-electron chi connectivity index (χ2n) is 5.39. The van der Waals surface area contributed by atoms with Gasteiger partial charge in [-0.3, -0.25) is 9.79 Å². The first-order chi connectivity index (χ1) is 10.6. The van der Waals surface area contributed by atoms with Crippen LogP contribution in [0.1, 0.15) is 55.4 Å². The molecule has 0 saturated heterocycles. The molecule has 1 aromatic carbocycles. The van der Waals surface area contributed by atoms with E-state index in [1.807, 2.05) is 37.3 Å². The van der Waals surface area contributed by atoms with Crippen LogP contribution in [0.2, 0.25) is 0 Å². The Morgan fingerprint density at radius 1 is 1.05 bits per heavy atom. The largest absolute Gasteiger partial charge is 0.293 e. The number of aryl methyl sites for hydroxylation is 1. The van der Waals surface area contributed by atoms with Gasteiger partial charge in [-0.15, -0.1) is 0 Å². The molecule has 0 fully saturated rings. The quantitative estimate of drug-likeness (QED) is 0.569. The Morgan fingerprint density at radius 2 is 1.77 bits per heavy atom. The van der Waals surface area contributed by atoms with Crippen LogP contribution in [-0.4, -0.2) is 16.5 Å². The fourth-order valence-corrected chi connectivity index (χ4v) is 2.27. The zero-order valence-corrected chi connectivity index (χ0v) is 13.5. The number of ketones is 1. The Morgan fingerprint density at radius 3 is 2.50 bits per heavy atom. The van der Waals surface area contributed by atoms with Gasteiger partial charge < -0.3 is 0 Å². The van der Waals surface area contributed by atoms with E-state index in [-0.39, 0.29) is 5.78 Å². The van der Waals surface area contributed by atoms with Crippen molar-refractivity contribution in [3.05, 3.63) is 59.4 Å². The Labute approximate surface area is 132 Å². The number of para-hydroxylation sites is 1. The van der Waals surface area contributed by atoms with Gasteiger partial charge in [0, 0.05) is 6.92 Å². The first-order valence-electron chi connectivity index (χ1n) is 7.73. The third-order valence-electron chi connectivity index (χ3n) is 3.56. The molecule has 3 heteroatoms. The highest BCUT2D eigenvalue weighted by molar-refractivity contribution is 6.00. The number of aromatic nitrogens is 1. The average molecular weight is 294 g/mol. The molecule has 2 aromatic rings. The summed E-state index contributed by atoms with van der Waals surface area (Å²) in [6.45, 7) is 5.65. The molecule has 0 aliphatic rings. The number of carbonyl (C=O) groups is 1. The summed E-state index contributed by atoms with van der Waals surface area (Å²) in [5.74, 6) is -0.0296. The zero-order chi connectivity index (χ0) is 15.9. The molecule has 1 heterocycles. The van der Waals surface area contributed by atoms with Gasteiger partial charge in [0.05, 0.1) is 17.1 Å². The van der Waals surface area contributed by atoms with Crippen LogP contribution in [0.15, 0.2) is 47.5 Å². The molecule has 0 amide bonds. The van der Waals surface area contributed by atoms with Gasteiger partial charge >= 0.3 is 0 Å². The Hall–Kier alpha value is -2.29. The molecule has 22 heavy (non-hydrogen) atoms. The van der Waals surface area contributed by atoms with E-state index >= 15 is 0 Å². The van der Waals surface area contributed by atoms with Crippen LogP contribution in [0.25, 0.3) is 0 Å². The van der Waals surface area contributed by atoms with Crippen molar-refractivity contribution in [2.24, 2.45) is 4.99 Å². The molecule has 0 saturated carbocycles. The van der Waals surface area contributed by atoms with Crippen LogP contribution in [0.4, 0.5) is 5.69 Å². The highest BCUT2D eigenvalue weighted by atomic mass is 16.1. The smallest absolute Gasteiger partial charge is 0.178 e. The lowest BCUT2D eigenvalue weighted by Gasteiger charge is -2.07. The molecule has 0 spiro atoms. The Balaban J connectivity index is 2.32. The molecule has 0 radical (unpaired) electrons. The van der Waals surface area contributed by atoms with Crippen LogP contribution < -0.4 is 0 Å². The van der Waals surface area contributed by atoms with E-state index in [1.54, 1.807) is 6.07 Å². The fourth-order valence-electron chi connectivity index (χ4n) is 2.27. The third-order valence-corrected chi connectivity index (χ3v) is 3.56. The van der Waals surface area contributed by atoms with Crippen molar-refractivity contribution in [3.8, 4) is 0 Å². The maximum absolute atomic E-state index is 11.4.